The Balaban J connectivity index is 4.32. The molecule has 0 saturated carbocycles. The van der Waals surface area contributed by atoms with E-state index >= 15 is 0 Å². The highest BCUT2D eigenvalue weighted by Gasteiger charge is 2.24. The molecule has 0 spiro atoms. The van der Waals surface area contributed by atoms with Crippen molar-refractivity contribution in [2.45, 2.75) is 78.1 Å². The second kappa shape index (κ2) is 9.99. The maximum Gasteiger partial charge on any atom is 0.183 e. The molecule has 0 heterocycles. The summed E-state index contributed by atoms with van der Waals surface area (Å²) in [5.74, 6) is 0.577. The van der Waals surface area contributed by atoms with Crippen LogP contribution in [0.5, 0.6) is 0 Å². The summed E-state index contributed by atoms with van der Waals surface area (Å²) in [6.45, 7) is 12.2. The third kappa shape index (κ3) is 9.12. The third-order valence-corrected chi connectivity index (χ3v) is 4.36. The number of hydrogen-bond donors (Lipinski definition) is 0. The van der Waals surface area contributed by atoms with Gasteiger partial charge in [-0.1, -0.05) is 39.5 Å². The van der Waals surface area contributed by atoms with Gasteiger partial charge in [0.15, 0.2) is 8.32 Å². The molecule has 110 valence electrons. The molecule has 2 nitrogen and oxygen atoms in total. The molecule has 0 amide bonds. The Morgan fingerprint density at radius 2 is 1.50 bits per heavy atom. The van der Waals surface area contributed by atoms with Gasteiger partial charge in [0.05, 0.1) is 6.10 Å². The lowest BCUT2D eigenvalue weighted by Gasteiger charge is -2.29. The summed E-state index contributed by atoms with van der Waals surface area (Å²) in [6, 6.07) is 0. The monoisotopic (exact) mass is 274 g/mol. The van der Waals surface area contributed by atoms with Crippen LogP contribution in [-0.4, -0.2) is 28.1 Å². The van der Waals surface area contributed by atoms with Crippen LogP contribution < -0.4 is 0 Å². The van der Waals surface area contributed by atoms with Gasteiger partial charge in [-0.25, -0.2) is 0 Å². The maximum atomic E-state index is 6.11. The lowest BCUT2D eigenvalue weighted by atomic mass is 9.93. The van der Waals surface area contributed by atoms with Crippen LogP contribution in [0.1, 0.15) is 52.4 Å². The first-order valence-electron chi connectivity index (χ1n) is 7.61. The van der Waals surface area contributed by atoms with Crippen molar-refractivity contribution in [3.05, 3.63) is 0 Å². The van der Waals surface area contributed by atoms with Gasteiger partial charge < -0.3 is 9.16 Å². The smallest absolute Gasteiger partial charge is 0.183 e. The van der Waals surface area contributed by atoms with Crippen molar-refractivity contribution in [1.29, 1.82) is 0 Å². The zero-order valence-electron chi connectivity index (χ0n) is 13.4. The van der Waals surface area contributed by atoms with Gasteiger partial charge in [-0.2, -0.15) is 0 Å². The Kier molecular flexibility index (Phi) is 10.1. The van der Waals surface area contributed by atoms with Crippen LogP contribution in [0.3, 0.4) is 0 Å². The topological polar surface area (TPSA) is 18.5 Å². The summed E-state index contributed by atoms with van der Waals surface area (Å²) in [5, 5.41) is 0. The Morgan fingerprint density at radius 3 is 1.94 bits per heavy atom. The minimum atomic E-state index is -1.40. The number of rotatable bonds is 11. The van der Waals surface area contributed by atoms with E-state index in [1.807, 2.05) is 7.11 Å². The molecule has 0 aromatic heterocycles. The third-order valence-electron chi connectivity index (χ3n) is 3.33. The zero-order valence-corrected chi connectivity index (χ0v) is 14.4. The molecular formula is C15H34O2Si. The maximum absolute atomic E-state index is 6.11. The van der Waals surface area contributed by atoms with Crippen molar-refractivity contribution in [1.82, 2.24) is 0 Å². The van der Waals surface area contributed by atoms with E-state index in [1.165, 1.54) is 38.5 Å². The lowest BCUT2D eigenvalue weighted by molar-refractivity contribution is 0.0183. The second-order valence-electron chi connectivity index (χ2n) is 6.24. The molecule has 0 aliphatic carbocycles. The molecule has 0 radical (unpaired) electrons. The summed E-state index contributed by atoms with van der Waals surface area (Å²) in [5.41, 5.74) is 0. The van der Waals surface area contributed by atoms with E-state index in [1.54, 1.807) is 0 Å². The van der Waals surface area contributed by atoms with E-state index in [-0.39, 0.29) is 0 Å². The van der Waals surface area contributed by atoms with Gasteiger partial charge in [-0.3, -0.25) is 0 Å². The van der Waals surface area contributed by atoms with E-state index < -0.39 is 8.32 Å². The fraction of sp³-hybridized carbons (Fsp3) is 1.00. The van der Waals surface area contributed by atoms with Crippen LogP contribution in [0.25, 0.3) is 0 Å². The Morgan fingerprint density at radius 1 is 0.944 bits per heavy atom. The van der Waals surface area contributed by atoms with Crippen LogP contribution >= 0.6 is 0 Å². The van der Waals surface area contributed by atoms with Crippen LogP contribution in [0.4, 0.5) is 0 Å². The molecule has 3 heteroatoms. The van der Waals surface area contributed by atoms with Gasteiger partial charge in [0.25, 0.3) is 0 Å². The second-order valence-corrected chi connectivity index (χ2v) is 10.8. The Hall–Kier alpha value is 0.137. The zero-order chi connectivity index (χ0) is 14.0. The van der Waals surface area contributed by atoms with Gasteiger partial charge in [0.1, 0.15) is 0 Å². The molecule has 18 heavy (non-hydrogen) atoms. The summed E-state index contributed by atoms with van der Waals surface area (Å²) in [6.07, 6.45) is 7.84. The van der Waals surface area contributed by atoms with Crippen molar-refractivity contribution in [3.8, 4) is 0 Å². The van der Waals surface area contributed by atoms with Gasteiger partial charge in [-0.15, -0.1) is 0 Å². The SMILES string of the molecule is CCCCC(CO[Si](C)(C)C)C(CCCC)OC. The van der Waals surface area contributed by atoms with Gasteiger partial charge in [0, 0.05) is 19.6 Å². The van der Waals surface area contributed by atoms with Crippen molar-refractivity contribution in [3.63, 3.8) is 0 Å². The summed E-state index contributed by atoms with van der Waals surface area (Å²) in [4.78, 5) is 0. The van der Waals surface area contributed by atoms with E-state index in [0.717, 1.165) is 6.61 Å². The first-order chi connectivity index (χ1) is 8.44. The van der Waals surface area contributed by atoms with Crippen molar-refractivity contribution in [2.75, 3.05) is 13.7 Å². The van der Waals surface area contributed by atoms with E-state index in [2.05, 4.69) is 33.5 Å². The largest absolute Gasteiger partial charge is 0.417 e. The molecule has 2 unspecified atom stereocenters. The molecule has 0 aromatic carbocycles. The molecule has 0 fully saturated rings. The van der Waals surface area contributed by atoms with Crippen molar-refractivity contribution >= 4 is 8.32 Å². The normalized spacial score (nSPS) is 15.7. The molecule has 0 aliphatic heterocycles. The summed E-state index contributed by atoms with van der Waals surface area (Å²) >= 11 is 0. The molecule has 0 aliphatic rings. The first-order valence-corrected chi connectivity index (χ1v) is 11.0. The fourth-order valence-electron chi connectivity index (χ4n) is 2.15. The molecule has 0 N–H and O–H groups in total. The highest BCUT2D eigenvalue weighted by molar-refractivity contribution is 6.69. The molecular weight excluding hydrogens is 240 g/mol. The summed E-state index contributed by atoms with van der Waals surface area (Å²) in [7, 11) is 0.450. The predicted molar refractivity (Wildman–Crippen MR) is 82.6 cm³/mol. The van der Waals surface area contributed by atoms with Gasteiger partial charge >= 0.3 is 0 Å². The van der Waals surface area contributed by atoms with Crippen LogP contribution in [0.2, 0.25) is 19.6 Å². The quantitative estimate of drug-likeness (QED) is 0.501. The van der Waals surface area contributed by atoms with Crippen molar-refractivity contribution < 1.29 is 9.16 Å². The number of unbranched alkanes of at least 4 members (excludes halogenated alkanes) is 2. The van der Waals surface area contributed by atoms with Crippen molar-refractivity contribution in [2.24, 2.45) is 5.92 Å². The Labute approximate surface area is 116 Å². The molecule has 0 bridgehead atoms. The minimum absolute atomic E-state index is 0.382. The van der Waals surface area contributed by atoms with Crippen LogP contribution in [0.15, 0.2) is 0 Å². The van der Waals surface area contributed by atoms with Crippen LogP contribution in [0, 0.1) is 5.92 Å². The van der Waals surface area contributed by atoms with Gasteiger partial charge in [0.2, 0.25) is 0 Å². The fourth-order valence-corrected chi connectivity index (χ4v) is 2.87. The highest BCUT2D eigenvalue weighted by Crippen LogP contribution is 2.22. The van der Waals surface area contributed by atoms with E-state index in [9.17, 15) is 0 Å². The Bertz CT molecular complexity index is 189. The number of methoxy groups -OCH3 is 1. The average Bonchev–Trinajstić information content (AvgIpc) is 2.31. The van der Waals surface area contributed by atoms with E-state index in [0.29, 0.717) is 12.0 Å². The first kappa shape index (κ1) is 18.1. The highest BCUT2D eigenvalue weighted by atomic mass is 28.4. The molecule has 0 rings (SSSR count). The van der Waals surface area contributed by atoms with Crippen LogP contribution in [-0.2, 0) is 9.16 Å². The predicted octanol–water partition coefficient (Wildman–Crippen LogP) is 4.85. The molecule has 0 saturated heterocycles. The average molecular weight is 275 g/mol. The number of hydrogen-bond acceptors (Lipinski definition) is 2. The van der Waals surface area contributed by atoms with Gasteiger partial charge in [-0.05, 0) is 32.5 Å². The molecule has 2 atom stereocenters. The molecule has 0 aromatic rings. The minimum Gasteiger partial charge on any atom is -0.417 e. The van der Waals surface area contributed by atoms with E-state index in [4.69, 9.17) is 9.16 Å². The lowest BCUT2D eigenvalue weighted by Crippen LogP contribution is -2.33. The standard InChI is InChI=1S/C15H34O2Si/c1-7-9-11-14(13-17-18(4,5)6)15(16-3)12-10-8-2/h14-15H,7-13H2,1-6H3. The number of ether oxygens (including phenoxy) is 1. The summed E-state index contributed by atoms with van der Waals surface area (Å²) < 4.78 is 11.8.